The lowest BCUT2D eigenvalue weighted by Crippen LogP contribution is -2.48. The summed E-state index contributed by atoms with van der Waals surface area (Å²) in [6.07, 6.45) is 0. The van der Waals surface area contributed by atoms with Gasteiger partial charge in [-0.2, -0.15) is 0 Å². The van der Waals surface area contributed by atoms with Crippen LogP contribution in [0.2, 0.25) is 0 Å². The van der Waals surface area contributed by atoms with Gasteiger partial charge in [0.1, 0.15) is 0 Å². The minimum Gasteiger partial charge on any atom is -0.395 e. The van der Waals surface area contributed by atoms with Gasteiger partial charge in [0.05, 0.1) is 25.8 Å². The van der Waals surface area contributed by atoms with E-state index in [2.05, 4.69) is 10.6 Å². The van der Waals surface area contributed by atoms with Crippen molar-refractivity contribution in [1.29, 1.82) is 0 Å². The summed E-state index contributed by atoms with van der Waals surface area (Å²) in [4.78, 5) is 11.4. The average Bonchev–Trinajstić information content (AvgIpc) is 2.09. The van der Waals surface area contributed by atoms with Crippen molar-refractivity contribution in [2.24, 2.45) is 0 Å². The van der Waals surface area contributed by atoms with Gasteiger partial charge in [-0.15, -0.1) is 0 Å². The molecule has 0 aromatic rings. The van der Waals surface area contributed by atoms with E-state index in [1.807, 2.05) is 20.8 Å². The molecule has 5 nitrogen and oxygen atoms in total. The van der Waals surface area contributed by atoms with Crippen LogP contribution in [-0.2, 0) is 9.53 Å². The Morgan fingerprint density at radius 3 is 2.47 bits per heavy atom. The Morgan fingerprint density at radius 1 is 1.47 bits per heavy atom. The van der Waals surface area contributed by atoms with Crippen molar-refractivity contribution in [3.8, 4) is 0 Å². The molecule has 0 aromatic carbocycles. The van der Waals surface area contributed by atoms with Crippen LogP contribution in [0.5, 0.6) is 0 Å². The molecule has 0 aliphatic carbocycles. The highest BCUT2D eigenvalue weighted by Crippen LogP contribution is 1.97. The van der Waals surface area contributed by atoms with Gasteiger partial charge < -0.3 is 20.5 Å². The van der Waals surface area contributed by atoms with Crippen LogP contribution in [0.25, 0.3) is 0 Å². The number of aliphatic hydroxyl groups excluding tert-OH is 1. The molecule has 0 bridgehead atoms. The minimum atomic E-state index is -0.227. The lowest BCUT2D eigenvalue weighted by molar-refractivity contribution is -0.121. The Labute approximate surface area is 91.2 Å². The van der Waals surface area contributed by atoms with Crippen LogP contribution >= 0.6 is 0 Å². The summed E-state index contributed by atoms with van der Waals surface area (Å²) in [5.41, 5.74) is -0.227. The van der Waals surface area contributed by atoms with Crippen molar-refractivity contribution in [2.75, 3.05) is 26.9 Å². The van der Waals surface area contributed by atoms with Gasteiger partial charge in [0.15, 0.2) is 0 Å². The third-order valence-corrected chi connectivity index (χ3v) is 1.65. The van der Waals surface area contributed by atoms with Crippen molar-refractivity contribution in [1.82, 2.24) is 10.6 Å². The van der Waals surface area contributed by atoms with Crippen LogP contribution < -0.4 is 10.6 Å². The molecule has 0 aliphatic heterocycles. The number of ether oxygens (including phenoxy) is 1. The number of carbonyl (C=O) groups excluding carboxylic acids is 1. The standard InChI is InChI=1S/C10H22N2O3/c1-10(2,3)12-9(14)5-11-8(6-13)7-15-4/h8,11,13H,5-7H2,1-4H3,(H,12,14). The second kappa shape index (κ2) is 6.76. The molecule has 0 rings (SSSR count). The zero-order chi connectivity index (χ0) is 11.9. The van der Waals surface area contributed by atoms with E-state index in [4.69, 9.17) is 9.84 Å². The second-order valence-electron chi connectivity index (χ2n) is 4.51. The quantitative estimate of drug-likeness (QED) is 0.562. The van der Waals surface area contributed by atoms with E-state index in [1.165, 1.54) is 0 Å². The van der Waals surface area contributed by atoms with Crippen LogP contribution in [0.15, 0.2) is 0 Å². The Balaban J connectivity index is 3.78. The molecule has 15 heavy (non-hydrogen) atoms. The van der Waals surface area contributed by atoms with E-state index in [0.717, 1.165) is 0 Å². The summed E-state index contributed by atoms with van der Waals surface area (Å²) < 4.78 is 4.87. The number of carbonyl (C=O) groups is 1. The maximum Gasteiger partial charge on any atom is 0.234 e. The molecular weight excluding hydrogens is 196 g/mol. The van der Waals surface area contributed by atoms with Crippen LogP contribution in [0.3, 0.4) is 0 Å². The molecule has 1 unspecified atom stereocenters. The lowest BCUT2D eigenvalue weighted by atomic mass is 10.1. The molecule has 0 radical (unpaired) electrons. The molecule has 0 aliphatic rings. The third-order valence-electron chi connectivity index (χ3n) is 1.65. The molecular formula is C10H22N2O3. The van der Waals surface area contributed by atoms with Gasteiger partial charge in [0.2, 0.25) is 5.91 Å². The lowest BCUT2D eigenvalue weighted by Gasteiger charge is -2.22. The fraction of sp³-hybridized carbons (Fsp3) is 0.900. The maximum atomic E-state index is 11.4. The van der Waals surface area contributed by atoms with Gasteiger partial charge in [0, 0.05) is 12.6 Å². The molecule has 0 aromatic heterocycles. The molecule has 5 heteroatoms. The smallest absolute Gasteiger partial charge is 0.234 e. The van der Waals surface area contributed by atoms with Gasteiger partial charge in [-0.25, -0.2) is 0 Å². The van der Waals surface area contributed by atoms with Crippen LogP contribution in [-0.4, -0.2) is 49.5 Å². The first-order chi connectivity index (χ1) is 6.89. The molecule has 0 spiro atoms. The molecule has 3 N–H and O–H groups in total. The monoisotopic (exact) mass is 218 g/mol. The molecule has 1 amide bonds. The molecule has 90 valence electrons. The first-order valence-corrected chi connectivity index (χ1v) is 5.03. The number of hydrogen-bond acceptors (Lipinski definition) is 4. The number of methoxy groups -OCH3 is 1. The zero-order valence-corrected chi connectivity index (χ0v) is 9.96. The fourth-order valence-corrected chi connectivity index (χ4v) is 1.08. The van der Waals surface area contributed by atoms with E-state index in [-0.39, 0.29) is 30.6 Å². The summed E-state index contributed by atoms with van der Waals surface area (Å²) in [5, 5.41) is 14.7. The number of hydrogen-bond donors (Lipinski definition) is 3. The Kier molecular flexibility index (Phi) is 6.47. The highest BCUT2D eigenvalue weighted by atomic mass is 16.5. The number of nitrogens with one attached hydrogen (secondary N) is 2. The van der Waals surface area contributed by atoms with Gasteiger partial charge in [0.25, 0.3) is 0 Å². The van der Waals surface area contributed by atoms with E-state index in [0.29, 0.717) is 6.61 Å². The number of amides is 1. The minimum absolute atomic E-state index is 0.0450. The SMILES string of the molecule is COCC(CO)NCC(=O)NC(C)(C)C. The largest absolute Gasteiger partial charge is 0.395 e. The Hall–Kier alpha value is -0.650. The molecule has 0 saturated heterocycles. The van der Waals surface area contributed by atoms with E-state index < -0.39 is 0 Å². The van der Waals surface area contributed by atoms with E-state index >= 15 is 0 Å². The number of rotatable bonds is 6. The van der Waals surface area contributed by atoms with E-state index in [1.54, 1.807) is 7.11 Å². The van der Waals surface area contributed by atoms with Gasteiger partial charge in [-0.1, -0.05) is 0 Å². The molecule has 0 saturated carbocycles. The molecule has 0 heterocycles. The summed E-state index contributed by atoms with van der Waals surface area (Å²) in [6.45, 7) is 6.29. The van der Waals surface area contributed by atoms with Crippen molar-refractivity contribution < 1.29 is 14.6 Å². The Bertz CT molecular complexity index is 190. The topological polar surface area (TPSA) is 70.6 Å². The summed E-state index contributed by atoms with van der Waals surface area (Å²) in [5.74, 6) is -0.0861. The van der Waals surface area contributed by atoms with Gasteiger partial charge in [-0.3, -0.25) is 4.79 Å². The number of aliphatic hydroxyl groups is 1. The van der Waals surface area contributed by atoms with Crippen molar-refractivity contribution in [3.63, 3.8) is 0 Å². The maximum absolute atomic E-state index is 11.4. The highest BCUT2D eigenvalue weighted by Gasteiger charge is 2.14. The van der Waals surface area contributed by atoms with Crippen molar-refractivity contribution >= 4 is 5.91 Å². The average molecular weight is 218 g/mol. The predicted molar refractivity (Wildman–Crippen MR) is 58.6 cm³/mol. The van der Waals surface area contributed by atoms with Crippen molar-refractivity contribution in [2.45, 2.75) is 32.4 Å². The summed E-state index contributed by atoms with van der Waals surface area (Å²) >= 11 is 0. The normalized spacial score (nSPS) is 13.7. The second-order valence-corrected chi connectivity index (χ2v) is 4.51. The van der Waals surface area contributed by atoms with Crippen LogP contribution in [0.1, 0.15) is 20.8 Å². The van der Waals surface area contributed by atoms with Gasteiger partial charge in [-0.05, 0) is 20.8 Å². The first kappa shape index (κ1) is 14.3. The van der Waals surface area contributed by atoms with Crippen LogP contribution in [0.4, 0.5) is 0 Å². The molecule has 0 fully saturated rings. The highest BCUT2D eigenvalue weighted by molar-refractivity contribution is 5.78. The van der Waals surface area contributed by atoms with Crippen LogP contribution in [0, 0.1) is 0 Å². The first-order valence-electron chi connectivity index (χ1n) is 5.03. The predicted octanol–water partition coefficient (Wildman–Crippen LogP) is -0.502. The third kappa shape index (κ3) is 8.35. The van der Waals surface area contributed by atoms with Gasteiger partial charge >= 0.3 is 0 Å². The summed E-state index contributed by atoms with van der Waals surface area (Å²) in [6, 6.07) is -0.194. The molecule has 1 atom stereocenters. The fourth-order valence-electron chi connectivity index (χ4n) is 1.08. The Morgan fingerprint density at radius 2 is 2.07 bits per heavy atom. The zero-order valence-electron chi connectivity index (χ0n) is 9.96. The van der Waals surface area contributed by atoms with Crippen molar-refractivity contribution in [3.05, 3.63) is 0 Å². The summed E-state index contributed by atoms with van der Waals surface area (Å²) in [7, 11) is 1.56. The van der Waals surface area contributed by atoms with E-state index in [9.17, 15) is 4.79 Å².